The van der Waals surface area contributed by atoms with Crippen molar-refractivity contribution >= 4 is 23.6 Å². The number of anilines is 2. The molecule has 9 nitrogen and oxygen atoms in total. The predicted octanol–water partition coefficient (Wildman–Crippen LogP) is 1.44. The Bertz CT molecular complexity index is 905. The molecule has 30 heavy (non-hydrogen) atoms. The molecule has 1 N–H and O–H groups in total. The summed E-state index contributed by atoms with van der Waals surface area (Å²) in [4.78, 5) is 42.1. The molecule has 1 amide bonds. The smallest absolute Gasteiger partial charge is 0.251 e. The summed E-state index contributed by atoms with van der Waals surface area (Å²) in [6.45, 7) is 6.32. The highest BCUT2D eigenvalue weighted by molar-refractivity contribution is 5.97. The molecule has 0 saturated carbocycles. The number of hydrogen-bond acceptors (Lipinski definition) is 8. The maximum absolute atomic E-state index is 12.5. The van der Waals surface area contributed by atoms with Crippen LogP contribution in [0.2, 0.25) is 0 Å². The van der Waals surface area contributed by atoms with Gasteiger partial charge in [0.15, 0.2) is 11.6 Å². The van der Waals surface area contributed by atoms with E-state index < -0.39 is 0 Å². The second-order valence-corrected chi connectivity index (χ2v) is 7.46. The summed E-state index contributed by atoms with van der Waals surface area (Å²) in [5.74, 6) is 1.56. The van der Waals surface area contributed by atoms with E-state index in [4.69, 9.17) is 4.74 Å². The van der Waals surface area contributed by atoms with Crippen LogP contribution >= 0.6 is 0 Å². The van der Waals surface area contributed by atoms with Gasteiger partial charge in [-0.1, -0.05) is 12.1 Å². The van der Waals surface area contributed by atoms with E-state index >= 15 is 0 Å². The second kappa shape index (κ2) is 9.17. The van der Waals surface area contributed by atoms with E-state index in [1.54, 1.807) is 24.3 Å². The summed E-state index contributed by atoms with van der Waals surface area (Å²) in [5, 5.41) is 2.87. The van der Waals surface area contributed by atoms with Gasteiger partial charge in [0.05, 0.1) is 19.8 Å². The van der Waals surface area contributed by atoms with E-state index in [0.717, 1.165) is 39.0 Å². The number of aromatic nitrogens is 3. The number of rotatable bonds is 6. The average molecular weight is 410 g/mol. The Morgan fingerprint density at radius 3 is 2.07 bits per heavy atom. The lowest BCUT2D eigenvalue weighted by molar-refractivity contribution is 0.0947. The second-order valence-electron chi connectivity index (χ2n) is 7.46. The molecule has 0 spiro atoms. The molecule has 0 aliphatic carbocycles. The van der Waals surface area contributed by atoms with Crippen LogP contribution in [-0.2, 0) is 11.3 Å². The molecule has 4 rings (SSSR count). The van der Waals surface area contributed by atoms with E-state index in [1.807, 2.05) is 0 Å². The van der Waals surface area contributed by atoms with E-state index in [1.165, 1.54) is 6.92 Å². The van der Waals surface area contributed by atoms with Crippen molar-refractivity contribution in [2.24, 2.45) is 0 Å². The number of nitrogens with zero attached hydrogens (tertiary/aromatic N) is 5. The molecule has 2 aromatic rings. The highest BCUT2D eigenvalue weighted by atomic mass is 16.5. The fourth-order valence-electron chi connectivity index (χ4n) is 3.56. The third-order valence-corrected chi connectivity index (χ3v) is 5.30. The molecule has 158 valence electrons. The molecule has 2 aliphatic rings. The van der Waals surface area contributed by atoms with Crippen molar-refractivity contribution < 1.29 is 14.3 Å². The van der Waals surface area contributed by atoms with Crippen molar-refractivity contribution in [3.63, 3.8) is 0 Å². The molecular weight excluding hydrogens is 384 g/mol. The predicted molar refractivity (Wildman–Crippen MR) is 112 cm³/mol. The lowest BCUT2D eigenvalue weighted by atomic mass is 10.1. The Hall–Kier alpha value is -3.07. The lowest BCUT2D eigenvalue weighted by Crippen LogP contribution is -2.38. The summed E-state index contributed by atoms with van der Waals surface area (Å²) >= 11 is 0. The first-order valence-electron chi connectivity index (χ1n) is 10.3. The van der Waals surface area contributed by atoms with E-state index in [0.29, 0.717) is 42.1 Å². The van der Waals surface area contributed by atoms with Crippen LogP contribution in [0.25, 0.3) is 0 Å². The summed E-state index contributed by atoms with van der Waals surface area (Å²) < 4.78 is 5.43. The van der Waals surface area contributed by atoms with Crippen molar-refractivity contribution in [1.82, 2.24) is 20.3 Å². The van der Waals surface area contributed by atoms with E-state index in [-0.39, 0.29) is 18.2 Å². The molecule has 1 aromatic heterocycles. The minimum absolute atomic E-state index is 0.0303. The highest BCUT2D eigenvalue weighted by Gasteiger charge is 2.21. The standard InChI is InChI=1S/C21H26N6O3/c1-15(28)16-4-6-17(7-5-16)19(29)22-14-18-23-20(26-8-2-3-9-26)25-21(24-18)27-10-12-30-13-11-27/h4-7H,2-3,8-14H2,1H3,(H,22,29). The summed E-state index contributed by atoms with van der Waals surface area (Å²) in [7, 11) is 0. The summed E-state index contributed by atoms with van der Waals surface area (Å²) in [5.41, 5.74) is 1.07. The number of carbonyl (C=O) groups excluding carboxylic acids is 2. The first kappa shape index (κ1) is 20.2. The number of hydrogen-bond donors (Lipinski definition) is 1. The maximum atomic E-state index is 12.5. The van der Waals surface area contributed by atoms with Crippen LogP contribution in [0.15, 0.2) is 24.3 Å². The van der Waals surface area contributed by atoms with Gasteiger partial charge in [-0.15, -0.1) is 0 Å². The largest absolute Gasteiger partial charge is 0.378 e. The number of Topliss-reactive ketones (excluding diaryl/α,β-unsaturated/α-hetero) is 1. The van der Waals surface area contributed by atoms with Gasteiger partial charge in [0.1, 0.15) is 0 Å². The van der Waals surface area contributed by atoms with Crippen LogP contribution in [-0.4, -0.2) is 66.0 Å². The van der Waals surface area contributed by atoms with E-state index in [9.17, 15) is 9.59 Å². The van der Waals surface area contributed by atoms with Gasteiger partial charge in [0, 0.05) is 37.3 Å². The molecule has 0 unspecified atom stereocenters. The van der Waals surface area contributed by atoms with Crippen LogP contribution in [0, 0.1) is 0 Å². The number of ketones is 1. The van der Waals surface area contributed by atoms with Gasteiger partial charge in [-0.05, 0) is 31.9 Å². The SMILES string of the molecule is CC(=O)c1ccc(C(=O)NCc2nc(N3CCCC3)nc(N3CCOCC3)n2)cc1. The number of amides is 1. The van der Waals surface area contributed by atoms with Crippen molar-refractivity contribution in [3.05, 3.63) is 41.2 Å². The molecule has 3 heterocycles. The molecular formula is C21H26N6O3. The zero-order valence-electron chi connectivity index (χ0n) is 17.1. The van der Waals surface area contributed by atoms with Gasteiger partial charge < -0.3 is 19.9 Å². The average Bonchev–Trinajstić information content (AvgIpc) is 3.33. The Morgan fingerprint density at radius 1 is 0.900 bits per heavy atom. The van der Waals surface area contributed by atoms with Crippen LogP contribution in [0.3, 0.4) is 0 Å². The first-order valence-corrected chi connectivity index (χ1v) is 10.3. The van der Waals surface area contributed by atoms with Crippen LogP contribution < -0.4 is 15.1 Å². The topological polar surface area (TPSA) is 101 Å². The Morgan fingerprint density at radius 2 is 1.47 bits per heavy atom. The molecule has 2 saturated heterocycles. The molecule has 2 aliphatic heterocycles. The van der Waals surface area contributed by atoms with Crippen LogP contribution in [0.5, 0.6) is 0 Å². The maximum Gasteiger partial charge on any atom is 0.251 e. The van der Waals surface area contributed by atoms with Crippen molar-refractivity contribution in [2.75, 3.05) is 49.2 Å². The van der Waals surface area contributed by atoms with Gasteiger partial charge in [0.25, 0.3) is 5.91 Å². The number of ether oxygens (including phenoxy) is 1. The quantitative estimate of drug-likeness (QED) is 0.714. The van der Waals surface area contributed by atoms with E-state index in [2.05, 4.69) is 30.1 Å². The Balaban J connectivity index is 1.49. The fourth-order valence-corrected chi connectivity index (χ4v) is 3.56. The van der Waals surface area contributed by atoms with Gasteiger partial charge in [0.2, 0.25) is 11.9 Å². The third-order valence-electron chi connectivity index (χ3n) is 5.30. The Kier molecular flexibility index (Phi) is 6.18. The van der Waals surface area contributed by atoms with Gasteiger partial charge in [-0.25, -0.2) is 0 Å². The summed E-state index contributed by atoms with van der Waals surface area (Å²) in [6.07, 6.45) is 2.25. The highest BCUT2D eigenvalue weighted by Crippen LogP contribution is 2.19. The number of nitrogens with one attached hydrogen (secondary N) is 1. The van der Waals surface area contributed by atoms with Gasteiger partial charge in [-0.3, -0.25) is 9.59 Å². The zero-order valence-corrected chi connectivity index (χ0v) is 17.1. The monoisotopic (exact) mass is 410 g/mol. The van der Waals surface area contributed by atoms with Gasteiger partial charge in [-0.2, -0.15) is 15.0 Å². The minimum Gasteiger partial charge on any atom is -0.378 e. The molecule has 0 bridgehead atoms. The molecule has 9 heteroatoms. The van der Waals surface area contributed by atoms with Crippen LogP contribution in [0.1, 0.15) is 46.3 Å². The van der Waals surface area contributed by atoms with Gasteiger partial charge >= 0.3 is 0 Å². The first-order chi connectivity index (χ1) is 14.6. The van der Waals surface area contributed by atoms with Crippen molar-refractivity contribution in [1.29, 1.82) is 0 Å². The molecule has 0 atom stereocenters. The zero-order chi connectivity index (χ0) is 20.9. The number of carbonyl (C=O) groups is 2. The van der Waals surface area contributed by atoms with Crippen LogP contribution in [0.4, 0.5) is 11.9 Å². The molecule has 1 aromatic carbocycles. The third kappa shape index (κ3) is 4.73. The summed E-state index contributed by atoms with van der Waals surface area (Å²) in [6, 6.07) is 6.60. The fraction of sp³-hybridized carbons (Fsp3) is 0.476. The molecule has 2 fully saturated rings. The minimum atomic E-state index is -0.235. The normalized spacial score (nSPS) is 16.6. The molecule has 0 radical (unpaired) electrons. The van der Waals surface area contributed by atoms with Crippen molar-refractivity contribution in [2.45, 2.75) is 26.3 Å². The lowest BCUT2D eigenvalue weighted by Gasteiger charge is -2.28. The van der Waals surface area contributed by atoms with Crippen molar-refractivity contribution in [3.8, 4) is 0 Å². The number of morpholine rings is 1. The number of benzene rings is 1. The Labute approximate surface area is 175 Å².